The Kier molecular flexibility index (Phi) is 7.37. The third kappa shape index (κ3) is 5.14. The van der Waals surface area contributed by atoms with Crippen molar-refractivity contribution < 1.29 is 18.8 Å². The summed E-state index contributed by atoms with van der Waals surface area (Å²) in [7, 11) is 5.43. The predicted molar refractivity (Wildman–Crippen MR) is 115 cm³/mol. The maximum atomic E-state index is 12.9. The molecule has 2 heterocycles. The number of piperidine rings is 1. The maximum Gasteiger partial charge on any atom is 0.292 e. The lowest BCUT2D eigenvalue weighted by Gasteiger charge is -2.37. The summed E-state index contributed by atoms with van der Waals surface area (Å²) in [6.07, 6.45) is 2.98. The third-order valence-corrected chi connectivity index (χ3v) is 5.84. The number of hydrogen-bond donors (Lipinski definition) is 0. The van der Waals surface area contributed by atoms with Gasteiger partial charge in [0, 0.05) is 31.7 Å². The van der Waals surface area contributed by atoms with E-state index in [-0.39, 0.29) is 11.8 Å². The van der Waals surface area contributed by atoms with Gasteiger partial charge in [-0.15, -0.1) is 0 Å². The zero-order valence-electron chi connectivity index (χ0n) is 18.7. The van der Waals surface area contributed by atoms with E-state index in [0.29, 0.717) is 18.3 Å². The Morgan fingerprint density at radius 1 is 1.27 bits per heavy atom. The minimum Gasteiger partial charge on any atom is -0.493 e. The Labute approximate surface area is 178 Å². The first kappa shape index (κ1) is 22.2. The molecule has 1 fully saturated rings. The maximum absolute atomic E-state index is 12.9. The minimum absolute atomic E-state index is 0.0626. The second-order valence-corrected chi connectivity index (χ2v) is 8.24. The summed E-state index contributed by atoms with van der Waals surface area (Å²) in [5.41, 5.74) is 2.02. The summed E-state index contributed by atoms with van der Waals surface area (Å²) in [6, 6.07) is 8.15. The van der Waals surface area contributed by atoms with Crippen LogP contribution in [0.15, 0.2) is 28.8 Å². The van der Waals surface area contributed by atoms with Crippen molar-refractivity contribution in [2.75, 3.05) is 40.9 Å². The molecule has 2 aromatic rings. The van der Waals surface area contributed by atoms with Crippen molar-refractivity contribution >= 4 is 5.91 Å². The van der Waals surface area contributed by atoms with Gasteiger partial charge in [0.05, 0.1) is 19.9 Å². The molecular formula is C23H33N3O4. The van der Waals surface area contributed by atoms with Crippen LogP contribution in [-0.2, 0) is 6.42 Å². The smallest absolute Gasteiger partial charge is 0.292 e. The number of aromatic nitrogens is 1. The number of amides is 1. The summed E-state index contributed by atoms with van der Waals surface area (Å²) in [4.78, 5) is 17.1. The molecule has 3 rings (SSSR count). The van der Waals surface area contributed by atoms with Crippen LogP contribution in [0.1, 0.15) is 54.4 Å². The van der Waals surface area contributed by atoms with Gasteiger partial charge in [0.1, 0.15) is 0 Å². The largest absolute Gasteiger partial charge is 0.493 e. The molecule has 0 N–H and O–H groups in total. The Bertz CT molecular complexity index is 849. The average Bonchev–Trinajstić information content (AvgIpc) is 3.27. The molecule has 1 aromatic heterocycles. The van der Waals surface area contributed by atoms with Gasteiger partial charge in [-0.2, -0.15) is 0 Å². The van der Waals surface area contributed by atoms with Crippen molar-refractivity contribution in [2.45, 2.75) is 45.1 Å². The van der Waals surface area contributed by atoms with Crippen LogP contribution in [0, 0.1) is 0 Å². The number of rotatable bonds is 8. The van der Waals surface area contributed by atoms with Crippen LogP contribution in [0.4, 0.5) is 0 Å². The van der Waals surface area contributed by atoms with Gasteiger partial charge < -0.3 is 23.8 Å². The molecule has 30 heavy (non-hydrogen) atoms. The average molecular weight is 416 g/mol. The topological polar surface area (TPSA) is 68.0 Å². The standard InChI is InChI=1S/C23H33N3O4/c1-16(2)19-14-22(30-24-19)23(27)26-11-6-7-18(15-26)25(3)12-10-17-8-9-20(28-4)21(13-17)29-5/h8-9,13-14,16,18H,6-7,10-12,15H2,1-5H3/t18-/m1/s1. The molecular weight excluding hydrogens is 382 g/mol. The van der Waals surface area contributed by atoms with Crippen molar-refractivity contribution in [1.82, 2.24) is 15.0 Å². The van der Waals surface area contributed by atoms with Gasteiger partial charge in [0.15, 0.2) is 11.5 Å². The molecule has 164 valence electrons. The van der Waals surface area contributed by atoms with Crippen molar-refractivity contribution in [3.63, 3.8) is 0 Å². The van der Waals surface area contributed by atoms with Crippen LogP contribution in [0.5, 0.6) is 11.5 Å². The summed E-state index contributed by atoms with van der Waals surface area (Å²) >= 11 is 0. The molecule has 0 unspecified atom stereocenters. The SMILES string of the molecule is COc1ccc(CCN(C)[C@@H]2CCCN(C(=O)c3cc(C(C)C)no3)C2)cc1OC. The van der Waals surface area contributed by atoms with Crippen molar-refractivity contribution in [1.29, 1.82) is 0 Å². The number of carbonyl (C=O) groups is 1. The molecule has 1 aliphatic rings. The van der Waals surface area contributed by atoms with Gasteiger partial charge in [-0.05, 0) is 49.9 Å². The highest BCUT2D eigenvalue weighted by Gasteiger charge is 2.29. The normalized spacial score (nSPS) is 16.9. The molecule has 0 spiro atoms. The molecule has 0 radical (unpaired) electrons. The van der Waals surface area contributed by atoms with Gasteiger partial charge in [-0.1, -0.05) is 25.1 Å². The number of likely N-dealkylation sites (tertiary alicyclic amines) is 1. The van der Waals surface area contributed by atoms with Gasteiger partial charge in [-0.3, -0.25) is 4.79 Å². The van der Waals surface area contributed by atoms with Crippen LogP contribution >= 0.6 is 0 Å². The van der Waals surface area contributed by atoms with E-state index in [2.05, 4.69) is 23.2 Å². The lowest BCUT2D eigenvalue weighted by atomic mass is 10.0. The van der Waals surface area contributed by atoms with Gasteiger partial charge in [-0.25, -0.2) is 0 Å². The first-order valence-corrected chi connectivity index (χ1v) is 10.6. The highest BCUT2D eigenvalue weighted by Crippen LogP contribution is 2.28. The molecule has 0 aliphatic carbocycles. The van der Waals surface area contributed by atoms with E-state index in [9.17, 15) is 4.79 Å². The first-order valence-electron chi connectivity index (χ1n) is 10.6. The van der Waals surface area contributed by atoms with E-state index in [4.69, 9.17) is 14.0 Å². The van der Waals surface area contributed by atoms with Crippen LogP contribution in [0.3, 0.4) is 0 Å². The highest BCUT2D eigenvalue weighted by molar-refractivity contribution is 5.91. The van der Waals surface area contributed by atoms with Gasteiger partial charge >= 0.3 is 0 Å². The zero-order chi connectivity index (χ0) is 21.7. The Morgan fingerprint density at radius 3 is 2.70 bits per heavy atom. The van der Waals surface area contributed by atoms with Crippen molar-refractivity contribution in [3.8, 4) is 11.5 Å². The van der Waals surface area contributed by atoms with Crippen LogP contribution < -0.4 is 9.47 Å². The molecule has 1 amide bonds. The lowest BCUT2D eigenvalue weighted by molar-refractivity contribution is 0.0572. The number of likely N-dealkylation sites (N-methyl/N-ethyl adjacent to an activating group) is 1. The molecule has 1 aromatic carbocycles. The fraction of sp³-hybridized carbons (Fsp3) is 0.565. The van der Waals surface area contributed by atoms with Crippen LogP contribution in [-0.4, -0.2) is 67.8 Å². The fourth-order valence-electron chi connectivity index (χ4n) is 3.84. The van der Waals surface area contributed by atoms with Crippen molar-refractivity contribution in [3.05, 3.63) is 41.3 Å². The van der Waals surface area contributed by atoms with E-state index in [0.717, 1.165) is 49.5 Å². The zero-order valence-corrected chi connectivity index (χ0v) is 18.7. The van der Waals surface area contributed by atoms with E-state index < -0.39 is 0 Å². The molecule has 1 aliphatic heterocycles. The van der Waals surface area contributed by atoms with E-state index >= 15 is 0 Å². The second kappa shape index (κ2) is 9.98. The summed E-state index contributed by atoms with van der Waals surface area (Å²) < 4.78 is 16.0. The number of methoxy groups -OCH3 is 2. The van der Waals surface area contributed by atoms with Crippen LogP contribution in [0.25, 0.3) is 0 Å². The Hall–Kier alpha value is -2.54. The van der Waals surface area contributed by atoms with E-state index in [1.807, 2.05) is 30.9 Å². The molecule has 7 heteroatoms. The number of hydrogen-bond acceptors (Lipinski definition) is 6. The third-order valence-electron chi connectivity index (χ3n) is 5.84. The number of nitrogens with zero attached hydrogens (tertiary/aromatic N) is 3. The monoisotopic (exact) mass is 415 g/mol. The quantitative estimate of drug-likeness (QED) is 0.656. The van der Waals surface area contributed by atoms with Gasteiger partial charge in [0.25, 0.3) is 5.91 Å². The molecule has 1 saturated heterocycles. The van der Waals surface area contributed by atoms with E-state index in [1.54, 1.807) is 20.3 Å². The molecule has 1 atom stereocenters. The highest BCUT2D eigenvalue weighted by atomic mass is 16.5. The number of benzene rings is 1. The van der Waals surface area contributed by atoms with Crippen molar-refractivity contribution in [2.24, 2.45) is 0 Å². The lowest BCUT2D eigenvalue weighted by Crippen LogP contribution is -2.49. The van der Waals surface area contributed by atoms with Crippen LogP contribution in [0.2, 0.25) is 0 Å². The van der Waals surface area contributed by atoms with E-state index in [1.165, 1.54) is 5.56 Å². The Morgan fingerprint density at radius 2 is 2.03 bits per heavy atom. The summed E-state index contributed by atoms with van der Waals surface area (Å²) in [5, 5.41) is 4.02. The Balaban J connectivity index is 1.57. The number of carbonyl (C=O) groups excluding carboxylic acids is 1. The predicted octanol–water partition coefficient (Wildman–Crippen LogP) is 3.59. The fourth-order valence-corrected chi connectivity index (χ4v) is 3.84. The summed E-state index contributed by atoms with van der Waals surface area (Å²) in [6.45, 7) is 6.45. The molecule has 0 bridgehead atoms. The molecule has 7 nitrogen and oxygen atoms in total. The second-order valence-electron chi connectivity index (χ2n) is 8.24. The summed E-state index contributed by atoms with van der Waals surface area (Å²) in [5.74, 6) is 2.01. The first-order chi connectivity index (χ1) is 14.4. The number of ether oxygens (including phenoxy) is 2. The minimum atomic E-state index is -0.0626. The van der Waals surface area contributed by atoms with Gasteiger partial charge in [0.2, 0.25) is 5.76 Å². The molecule has 0 saturated carbocycles.